The van der Waals surface area contributed by atoms with E-state index in [0.29, 0.717) is 33.9 Å². The summed E-state index contributed by atoms with van der Waals surface area (Å²) in [5.41, 5.74) is 2.80. The van der Waals surface area contributed by atoms with E-state index >= 15 is 0 Å². The average Bonchev–Trinajstić information content (AvgIpc) is 2.77. The van der Waals surface area contributed by atoms with Gasteiger partial charge < -0.3 is 19.5 Å². The Morgan fingerprint density at radius 2 is 1.61 bits per heavy atom. The van der Waals surface area contributed by atoms with Crippen LogP contribution in [0, 0.1) is 0 Å². The third-order valence-corrected chi connectivity index (χ3v) is 7.46. The van der Waals surface area contributed by atoms with Gasteiger partial charge >= 0.3 is 0 Å². The highest BCUT2D eigenvalue weighted by Crippen LogP contribution is 2.43. The number of hydrogen-bond acceptors (Lipinski definition) is 6. The molecule has 1 saturated heterocycles. The molecule has 2 aromatic rings. The van der Waals surface area contributed by atoms with Crippen LogP contribution in [0.25, 0.3) is 0 Å². The summed E-state index contributed by atoms with van der Waals surface area (Å²) in [6, 6.07) is 11.6. The highest BCUT2D eigenvalue weighted by molar-refractivity contribution is 8.16. The molecular formula is C21H25NO4S2. The van der Waals surface area contributed by atoms with Gasteiger partial charge in [-0.3, -0.25) is 4.79 Å². The molecule has 28 heavy (non-hydrogen) atoms. The summed E-state index contributed by atoms with van der Waals surface area (Å²) in [5.74, 6) is 3.97. The second kappa shape index (κ2) is 9.98. The first-order valence-electron chi connectivity index (χ1n) is 9.06. The summed E-state index contributed by atoms with van der Waals surface area (Å²) in [6.45, 7) is 0.367. The van der Waals surface area contributed by atoms with Crippen LogP contribution < -0.4 is 19.5 Å². The quantitative estimate of drug-likeness (QED) is 0.713. The van der Waals surface area contributed by atoms with Crippen LogP contribution >= 0.6 is 23.5 Å². The van der Waals surface area contributed by atoms with Gasteiger partial charge in [0.25, 0.3) is 5.91 Å². The fourth-order valence-electron chi connectivity index (χ4n) is 2.99. The van der Waals surface area contributed by atoms with Crippen molar-refractivity contribution in [2.75, 3.05) is 32.8 Å². The second-order valence-electron chi connectivity index (χ2n) is 6.27. The highest BCUT2D eigenvalue weighted by atomic mass is 32.2. The molecule has 1 fully saturated rings. The molecule has 3 rings (SSSR count). The maximum atomic E-state index is 12.5. The Labute approximate surface area is 174 Å². The topological polar surface area (TPSA) is 56.8 Å². The van der Waals surface area contributed by atoms with E-state index < -0.39 is 0 Å². The molecule has 150 valence electrons. The van der Waals surface area contributed by atoms with Gasteiger partial charge in [0.2, 0.25) is 5.75 Å². The molecule has 5 nitrogen and oxygen atoms in total. The maximum absolute atomic E-state index is 12.5. The van der Waals surface area contributed by atoms with Crippen molar-refractivity contribution >= 4 is 29.4 Å². The minimum absolute atomic E-state index is 0.107. The van der Waals surface area contributed by atoms with E-state index in [2.05, 4.69) is 17.4 Å². The number of rotatable bonds is 7. The highest BCUT2D eigenvalue weighted by Gasteiger charge is 2.17. The van der Waals surface area contributed by atoms with Crippen LogP contribution in [0.5, 0.6) is 17.2 Å². The van der Waals surface area contributed by atoms with Gasteiger partial charge in [-0.2, -0.15) is 0 Å². The standard InChI is InChI=1S/C21H25NO4S2/c1-24-17-11-14(12-18(25-2)19(17)26-3)13-22-20(23)15-5-7-16(8-6-15)21-27-9-4-10-28-21/h5-8,11-12,21H,4,9-10,13H2,1-3H3,(H,22,23). The van der Waals surface area contributed by atoms with Crippen LogP contribution in [0.1, 0.15) is 32.5 Å². The number of nitrogens with one attached hydrogen (secondary N) is 1. The number of carbonyl (C=O) groups is 1. The number of benzene rings is 2. The predicted molar refractivity (Wildman–Crippen MR) is 116 cm³/mol. The van der Waals surface area contributed by atoms with Gasteiger partial charge in [0, 0.05) is 12.1 Å². The monoisotopic (exact) mass is 419 g/mol. The molecule has 0 atom stereocenters. The van der Waals surface area contributed by atoms with Crippen molar-refractivity contribution in [3.8, 4) is 17.2 Å². The SMILES string of the molecule is COc1cc(CNC(=O)c2ccc(C3SCCCS3)cc2)cc(OC)c1OC. The van der Waals surface area contributed by atoms with Crippen molar-refractivity contribution in [1.29, 1.82) is 0 Å². The molecule has 0 radical (unpaired) electrons. The Hall–Kier alpha value is -1.99. The fourth-order valence-corrected chi connectivity index (χ4v) is 5.89. The zero-order valence-electron chi connectivity index (χ0n) is 16.3. The Morgan fingerprint density at radius 3 is 2.14 bits per heavy atom. The zero-order valence-corrected chi connectivity index (χ0v) is 18.0. The molecule has 1 N–H and O–H groups in total. The van der Waals surface area contributed by atoms with E-state index in [-0.39, 0.29) is 5.91 Å². The molecule has 1 amide bonds. The minimum atomic E-state index is -0.107. The number of ether oxygens (including phenoxy) is 3. The lowest BCUT2D eigenvalue weighted by molar-refractivity contribution is 0.0951. The third kappa shape index (κ3) is 4.89. The van der Waals surface area contributed by atoms with E-state index in [1.165, 1.54) is 23.5 Å². The second-order valence-corrected chi connectivity index (χ2v) is 8.99. The van der Waals surface area contributed by atoms with Crippen molar-refractivity contribution in [3.63, 3.8) is 0 Å². The molecule has 2 aromatic carbocycles. The van der Waals surface area contributed by atoms with Gasteiger partial charge in [0.1, 0.15) is 0 Å². The van der Waals surface area contributed by atoms with E-state index in [4.69, 9.17) is 14.2 Å². The van der Waals surface area contributed by atoms with Crippen LogP contribution in [-0.2, 0) is 6.54 Å². The molecule has 1 heterocycles. The zero-order chi connectivity index (χ0) is 19.9. The molecule has 0 spiro atoms. The normalized spacial score (nSPS) is 14.4. The molecule has 0 bridgehead atoms. The minimum Gasteiger partial charge on any atom is -0.493 e. The molecule has 7 heteroatoms. The van der Waals surface area contributed by atoms with E-state index in [9.17, 15) is 4.79 Å². The number of amides is 1. The van der Waals surface area contributed by atoms with Gasteiger partial charge in [0.05, 0.1) is 25.9 Å². The van der Waals surface area contributed by atoms with Crippen molar-refractivity contribution < 1.29 is 19.0 Å². The Balaban J connectivity index is 1.65. The van der Waals surface area contributed by atoms with Gasteiger partial charge in [-0.05, 0) is 53.3 Å². The number of thioether (sulfide) groups is 2. The Kier molecular flexibility index (Phi) is 7.39. The van der Waals surface area contributed by atoms with Crippen LogP contribution in [-0.4, -0.2) is 38.7 Å². The largest absolute Gasteiger partial charge is 0.493 e. The van der Waals surface area contributed by atoms with E-state index in [1.54, 1.807) is 21.3 Å². The first-order valence-corrected chi connectivity index (χ1v) is 11.2. The van der Waals surface area contributed by atoms with Crippen LogP contribution in [0.2, 0.25) is 0 Å². The summed E-state index contributed by atoms with van der Waals surface area (Å²) in [6.07, 6.45) is 1.27. The summed E-state index contributed by atoms with van der Waals surface area (Å²) < 4.78 is 16.5. The lowest BCUT2D eigenvalue weighted by Crippen LogP contribution is -2.22. The van der Waals surface area contributed by atoms with Crippen molar-refractivity contribution in [3.05, 3.63) is 53.1 Å². The van der Waals surface area contributed by atoms with Gasteiger partial charge in [0.15, 0.2) is 11.5 Å². The smallest absolute Gasteiger partial charge is 0.251 e. The summed E-state index contributed by atoms with van der Waals surface area (Å²) in [7, 11) is 4.71. The summed E-state index contributed by atoms with van der Waals surface area (Å²) in [5, 5.41) is 2.95. The number of carbonyl (C=O) groups excluding carboxylic acids is 1. The lowest BCUT2D eigenvalue weighted by atomic mass is 10.1. The lowest BCUT2D eigenvalue weighted by Gasteiger charge is -2.21. The Morgan fingerprint density at radius 1 is 1.00 bits per heavy atom. The van der Waals surface area contributed by atoms with E-state index in [0.717, 1.165) is 5.56 Å². The molecule has 0 saturated carbocycles. The van der Waals surface area contributed by atoms with Gasteiger partial charge in [-0.25, -0.2) is 0 Å². The molecule has 1 aliphatic rings. The van der Waals surface area contributed by atoms with Crippen LogP contribution in [0.3, 0.4) is 0 Å². The summed E-state index contributed by atoms with van der Waals surface area (Å²) >= 11 is 3.95. The molecule has 0 aromatic heterocycles. The molecular weight excluding hydrogens is 394 g/mol. The van der Waals surface area contributed by atoms with Crippen molar-refractivity contribution in [2.45, 2.75) is 17.5 Å². The van der Waals surface area contributed by atoms with Crippen LogP contribution in [0.4, 0.5) is 0 Å². The van der Waals surface area contributed by atoms with Crippen molar-refractivity contribution in [2.24, 2.45) is 0 Å². The molecule has 0 aliphatic carbocycles. The fraction of sp³-hybridized carbons (Fsp3) is 0.381. The van der Waals surface area contributed by atoms with Crippen LogP contribution in [0.15, 0.2) is 36.4 Å². The van der Waals surface area contributed by atoms with E-state index in [1.807, 2.05) is 47.8 Å². The molecule has 1 aliphatic heterocycles. The first kappa shape index (κ1) is 20.7. The summed E-state index contributed by atoms with van der Waals surface area (Å²) in [4.78, 5) is 12.5. The Bertz CT molecular complexity index is 780. The molecule has 0 unspecified atom stereocenters. The first-order chi connectivity index (χ1) is 13.7. The average molecular weight is 420 g/mol. The third-order valence-electron chi connectivity index (χ3n) is 4.45. The maximum Gasteiger partial charge on any atom is 0.251 e. The van der Waals surface area contributed by atoms with Crippen molar-refractivity contribution in [1.82, 2.24) is 5.32 Å². The predicted octanol–water partition coefficient (Wildman–Crippen LogP) is 4.51. The van der Waals surface area contributed by atoms with Gasteiger partial charge in [-0.15, -0.1) is 23.5 Å². The van der Waals surface area contributed by atoms with Gasteiger partial charge in [-0.1, -0.05) is 12.1 Å². The number of methoxy groups -OCH3 is 3. The number of hydrogen-bond donors (Lipinski definition) is 1.